The number of carbonyl (C=O) groups excluding carboxylic acids is 1. The van der Waals surface area contributed by atoms with Crippen molar-refractivity contribution >= 4 is 49.1 Å². The summed E-state index contributed by atoms with van der Waals surface area (Å²) in [5, 5.41) is 9.13. The molecule has 264 valence electrons. The molecule has 1 amide bonds. The quantitative estimate of drug-likeness (QED) is 0.211. The Hall–Kier alpha value is -4.36. The summed E-state index contributed by atoms with van der Waals surface area (Å²) in [6, 6.07) is 3.27. The molecule has 0 spiro atoms. The van der Waals surface area contributed by atoms with Crippen LogP contribution in [0.4, 0.5) is 37.2 Å². The molecule has 0 unspecified atom stereocenters. The van der Waals surface area contributed by atoms with Gasteiger partial charge in [0, 0.05) is 49.4 Å². The van der Waals surface area contributed by atoms with Gasteiger partial charge in [0.05, 0.1) is 21.4 Å². The average Bonchev–Trinajstić information content (AvgIpc) is 3.72. The van der Waals surface area contributed by atoms with Crippen molar-refractivity contribution in [2.75, 3.05) is 50.5 Å². The van der Waals surface area contributed by atoms with Crippen molar-refractivity contribution in [2.24, 2.45) is 0 Å². The van der Waals surface area contributed by atoms with Gasteiger partial charge in [-0.25, -0.2) is 13.2 Å². The molecule has 2 aromatic carbocycles. The van der Waals surface area contributed by atoms with Crippen LogP contribution in [0.3, 0.4) is 0 Å². The molecule has 7 rings (SSSR count). The lowest BCUT2D eigenvalue weighted by Gasteiger charge is -2.37. The van der Waals surface area contributed by atoms with E-state index in [4.69, 9.17) is 10.5 Å². The van der Waals surface area contributed by atoms with Crippen molar-refractivity contribution in [3.05, 3.63) is 41.0 Å². The maximum Gasteiger partial charge on any atom is 0.417 e. The Kier molecular flexibility index (Phi) is 8.49. The smallest absolute Gasteiger partial charge is 0.417 e. The highest BCUT2D eigenvalue weighted by molar-refractivity contribution is 7.23. The van der Waals surface area contributed by atoms with Gasteiger partial charge in [0.2, 0.25) is 5.91 Å². The molecule has 4 aromatic rings. The average molecular weight is 718 g/mol. The molecule has 2 N–H and O–H groups in total. The zero-order chi connectivity index (χ0) is 35.7. The van der Waals surface area contributed by atoms with Crippen molar-refractivity contribution in [1.82, 2.24) is 19.8 Å². The topological polar surface area (TPSA) is 112 Å². The van der Waals surface area contributed by atoms with Crippen LogP contribution in [0, 0.1) is 23.0 Å². The fourth-order valence-electron chi connectivity index (χ4n) is 7.93. The van der Waals surface area contributed by atoms with E-state index in [9.17, 15) is 18.8 Å². The number of likely N-dealkylation sites (tertiary alicyclic amines) is 1. The summed E-state index contributed by atoms with van der Waals surface area (Å²) in [5.41, 5.74) is 1.76. The molecule has 50 heavy (non-hydrogen) atoms. The number of alkyl halides is 4. The third kappa shape index (κ3) is 5.45. The second-order valence-corrected chi connectivity index (χ2v) is 14.2. The molecule has 9 nitrogen and oxygen atoms in total. The molecular formula is C34H33F6N7O2S. The van der Waals surface area contributed by atoms with Crippen LogP contribution in [0.1, 0.15) is 50.2 Å². The summed E-state index contributed by atoms with van der Waals surface area (Å²) in [5.74, 6) is -2.64. The van der Waals surface area contributed by atoms with Gasteiger partial charge in [-0.3, -0.25) is 9.69 Å². The minimum Gasteiger partial charge on any atom is -0.461 e. The van der Waals surface area contributed by atoms with Crippen LogP contribution in [-0.2, 0) is 11.0 Å². The molecule has 2 aromatic heterocycles. The summed E-state index contributed by atoms with van der Waals surface area (Å²) in [6.45, 7) is 3.22. The van der Waals surface area contributed by atoms with E-state index in [1.54, 1.807) is 14.0 Å². The predicted molar refractivity (Wildman–Crippen MR) is 177 cm³/mol. The number of ether oxygens (including phenoxy) is 1. The summed E-state index contributed by atoms with van der Waals surface area (Å²) in [7, 11) is 1.63. The number of piperidine rings is 1. The highest BCUT2D eigenvalue weighted by Crippen LogP contribution is 2.48. The summed E-state index contributed by atoms with van der Waals surface area (Å²) in [6.07, 6.45) is -3.51. The van der Waals surface area contributed by atoms with Gasteiger partial charge in [0.15, 0.2) is 5.82 Å². The molecular weight excluding hydrogens is 684 g/mol. The van der Waals surface area contributed by atoms with Crippen molar-refractivity contribution in [2.45, 2.75) is 63.0 Å². The zero-order valence-corrected chi connectivity index (χ0v) is 28.0. The lowest BCUT2D eigenvalue weighted by Crippen LogP contribution is -2.51. The molecule has 0 radical (unpaired) electrons. The maximum absolute atomic E-state index is 17.1. The van der Waals surface area contributed by atoms with E-state index in [1.165, 1.54) is 9.80 Å². The number of fused-ring (bicyclic) bond motifs is 3. The third-order valence-electron chi connectivity index (χ3n) is 10.2. The number of amides is 1. The van der Waals surface area contributed by atoms with Gasteiger partial charge in [0.25, 0.3) is 0 Å². The van der Waals surface area contributed by atoms with Gasteiger partial charge in [-0.15, -0.1) is 11.3 Å². The number of hydrogen-bond acceptors (Lipinski definition) is 9. The molecule has 3 saturated heterocycles. The SMILES string of the molecule is CCN(c1nc(OC[C@@]23CCCN2C[C@H](F)C3)nc2c(F)c(-c3ccc(F)c4sc(N)c(C#N)c34)c(C(F)(F)F)cc12)[C@@H]1CCCN(C)C1=O. The van der Waals surface area contributed by atoms with Gasteiger partial charge in [-0.1, -0.05) is 6.07 Å². The number of carbonyl (C=O) groups is 1. The van der Waals surface area contributed by atoms with E-state index in [0.717, 1.165) is 24.6 Å². The highest BCUT2D eigenvalue weighted by Gasteiger charge is 2.49. The zero-order valence-electron chi connectivity index (χ0n) is 27.2. The van der Waals surface area contributed by atoms with Crippen LogP contribution in [-0.4, -0.2) is 83.3 Å². The Morgan fingerprint density at radius 2 is 2.00 bits per heavy atom. The number of hydrogen-bond donors (Lipinski definition) is 1. The van der Waals surface area contributed by atoms with Gasteiger partial charge < -0.3 is 20.3 Å². The Morgan fingerprint density at radius 3 is 2.72 bits per heavy atom. The Bertz CT molecular complexity index is 2070. The molecule has 3 aliphatic rings. The van der Waals surface area contributed by atoms with E-state index in [-0.39, 0.29) is 69.9 Å². The third-order valence-corrected chi connectivity index (χ3v) is 11.3. The Morgan fingerprint density at radius 1 is 1.22 bits per heavy atom. The number of nitrogens with zero attached hydrogens (tertiary/aromatic N) is 6. The van der Waals surface area contributed by atoms with Gasteiger partial charge in [0.1, 0.15) is 47.0 Å². The van der Waals surface area contributed by atoms with Gasteiger partial charge >= 0.3 is 12.2 Å². The van der Waals surface area contributed by atoms with E-state index < -0.39 is 57.8 Å². The minimum atomic E-state index is -5.14. The van der Waals surface area contributed by atoms with Gasteiger partial charge in [-0.05, 0) is 56.8 Å². The molecule has 0 saturated carbocycles. The number of nitrogen functional groups attached to an aromatic ring is 1. The number of thiophene rings is 1. The van der Waals surface area contributed by atoms with E-state index in [0.29, 0.717) is 43.7 Å². The van der Waals surface area contributed by atoms with Crippen molar-refractivity contribution in [3.8, 4) is 23.2 Å². The summed E-state index contributed by atoms with van der Waals surface area (Å²) in [4.78, 5) is 27.3. The molecule has 16 heteroatoms. The molecule has 3 aliphatic heterocycles. The highest BCUT2D eigenvalue weighted by atomic mass is 32.1. The Labute approximate surface area is 287 Å². The van der Waals surface area contributed by atoms with Crippen LogP contribution >= 0.6 is 11.3 Å². The van der Waals surface area contributed by atoms with Crippen LogP contribution < -0.4 is 15.4 Å². The molecule has 0 bridgehead atoms. The number of likely N-dealkylation sites (N-methyl/N-ethyl adjacent to an activating group) is 2. The molecule has 3 atom stereocenters. The number of anilines is 2. The van der Waals surface area contributed by atoms with Crippen molar-refractivity contribution < 1.29 is 35.9 Å². The van der Waals surface area contributed by atoms with E-state index in [2.05, 4.69) is 9.97 Å². The number of benzene rings is 2. The molecule has 5 heterocycles. The largest absolute Gasteiger partial charge is 0.461 e. The minimum absolute atomic E-state index is 0.0387. The van der Waals surface area contributed by atoms with Gasteiger partial charge in [-0.2, -0.15) is 28.4 Å². The first-order valence-electron chi connectivity index (χ1n) is 16.3. The van der Waals surface area contributed by atoms with Crippen LogP contribution in [0.25, 0.3) is 32.1 Å². The number of nitrogens with two attached hydrogens (primary N) is 1. The number of halogens is 6. The molecule has 0 aliphatic carbocycles. The van der Waals surface area contributed by atoms with Crippen molar-refractivity contribution in [1.29, 1.82) is 5.26 Å². The monoisotopic (exact) mass is 717 g/mol. The van der Waals surface area contributed by atoms with E-state index >= 15 is 17.6 Å². The second kappa shape index (κ2) is 12.4. The number of aromatic nitrogens is 2. The Balaban J connectivity index is 1.48. The van der Waals surface area contributed by atoms with Crippen molar-refractivity contribution in [3.63, 3.8) is 0 Å². The first-order valence-corrected chi connectivity index (χ1v) is 17.2. The molecule has 3 fully saturated rings. The lowest BCUT2D eigenvalue weighted by molar-refractivity contribution is -0.137. The normalized spacial score (nSPS) is 22.8. The predicted octanol–water partition coefficient (Wildman–Crippen LogP) is 6.66. The first-order chi connectivity index (χ1) is 23.8. The maximum atomic E-state index is 17.1. The fraction of sp³-hybridized carbons (Fsp3) is 0.471. The second-order valence-electron chi connectivity index (χ2n) is 13.2. The van der Waals surface area contributed by atoms with Crippen LogP contribution in [0.15, 0.2) is 18.2 Å². The lowest BCUT2D eigenvalue weighted by atomic mass is 9.92. The first kappa shape index (κ1) is 34.1. The van der Waals surface area contributed by atoms with E-state index in [1.807, 2.05) is 11.0 Å². The van der Waals surface area contributed by atoms with Crippen LogP contribution in [0.5, 0.6) is 6.01 Å². The standard InChI is InChI=1S/C34H33F6N7O2S/c1-3-47(23-6-4-10-45(2)31(23)48)30-19-12-21(34(38,39)40)25(18-7-8-22(36)28-24(18)20(14-41)29(42)50-28)26(37)27(19)43-32(44-30)49-16-33-9-5-11-46(33)15-17(35)13-33/h7-8,12,17,23H,3-6,9-11,13,15-16,42H2,1-2H3/t17-,23-,33+/m1/s1. The fourth-order valence-corrected chi connectivity index (χ4v) is 8.88. The number of nitriles is 1. The summed E-state index contributed by atoms with van der Waals surface area (Å²) < 4.78 is 97.5. The summed E-state index contributed by atoms with van der Waals surface area (Å²) >= 11 is 0.673. The van der Waals surface area contributed by atoms with Crippen LogP contribution in [0.2, 0.25) is 0 Å². The number of rotatable bonds is 7.